The fourth-order valence-corrected chi connectivity index (χ4v) is 6.10. The van der Waals surface area contributed by atoms with Crippen molar-refractivity contribution in [3.63, 3.8) is 0 Å². The van der Waals surface area contributed by atoms with Gasteiger partial charge in [0.05, 0.1) is 17.8 Å². The topological polar surface area (TPSA) is 134 Å². The van der Waals surface area contributed by atoms with Crippen LogP contribution in [0.15, 0.2) is 24.3 Å². The van der Waals surface area contributed by atoms with Crippen LogP contribution in [0.1, 0.15) is 19.8 Å². The molecule has 1 aromatic rings. The Hall–Kier alpha value is -2.82. The summed E-state index contributed by atoms with van der Waals surface area (Å²) in [6.07, 6.45) is 3.54. The van der Waals surface area contributed by atoms with E-state index < -0.39 is 12.3 Å². The molecule has 1 unspecified atom stereocenters. The van der Waals surface area contributed by atoms with E-state index in [1.165, 1.54) is 24.3 Å². The van der Waals surface area contributed by atoms with Crippen LogP contribution in [0.5, 0.6) is 0 Å². The molecule has 1 aliphatic heterocycles. The zero-order valence-corrected chi connectivity index (χ0v) is 21.0. The van der Waals surface area contributed by atoms with Gasteiger partial charge in [-0.25, -0.2) is 0 Å². The van der Waals surface area contributed by atoms with E-state index in [-0.39, 0.29) is 18.6 Å². The molecule has 1 saturated heterocycles. The number of carbonyl (C=O) groups is 3. The molecular weight excluding hydrogens is 477 g/mol. The lowest BCUT2D eigenvalue weighted by Gasteiger charge is -2.31. The second kappa shape index (κ2) is 14.6. The fourth-order valence-electron chi connectivity index (χ4n) is 3.88. The van der Waals surface area contributed by atoms with Gasteiger partial charge in [-0.15, -0.1) is 0 Å². The lowest BCUT2D eigenvalue weighted by molar-refractivity contribution is -0.384. The van der Waals surface area contributed by atoms with Gasteiger partial charge in [0.15, 0.2) is 0 Å². The molecule has 194 valence electrons. The minimum absolute atomic E-state index is 0.0748. The summed E-state index contributed by atoms with van der Waals surface area (Å²) < 4.78 is 19.6. The van der Waals surface area contributed by atoms with E-state index in [0.29, 0.717) is 70.5 Å². The number of carbonyl (C=O) groups excluding carboxylic acids is 3. The molecule has 0 spiro atoms. The van der Waals surface area contributed by atoms with Crippen LogP contribution in [-0.2, 0) is 23.5 Å². The van der Waals surface area contributed by atoms with Gasteiger partial charge in [-0.05, 0) is 31.9 Å². The molecule has 1 atom stereocenters. The maximum absolute atomic E-state index is 13.9. The van der Waals surface area contributed by atoms with Crippen LogP contribution in [0, 0.1) is 10.1 Å². The minimum Gasteiger partial charge on any atom is -0.344 e. The molecule has 0 bridgehead atoms. The van der Waals surface area contributed by atoms with Crippen molar-refractivity contribution >= 4 is 37.6 Å². The fraction of sp³-hybridized carbons (Fsp3) is 0.591. The van der Waals surface area contributed by atoms with Gasteiger partial charge >= 0.3 is 0 Å². The maximum atomic E-state index is 13.9. The highest BCUT2D eigenvalue weighted by Crippen LogP contribution is 2.46. The number of nitro benzene ring substituents is 1. The molecular formula is C22H34N5O7P. The molecule has 1 heterocycles. The van der Waals surface area contributed by atoms with Crippen molar-refractivity contribution < 1.29 is 28.4 Å². The number of rotatable bonds is 9. The first-order valence-electron chi connectivity index (χ1n) is 11.6. The maximum Gasteiger partial charge on any atom is 0.269 e. The van der Waals surface area contributed by atoms with Crippen LogP contribution < -0.4 is 5.30 Å². The van der Waals surface area contributed by atoms with Crippen molar-refractivity contribution in [2.45, 2.75) is 19.8 Å². The molecule has 3 amide bonds. The summed E-state index contributed by atoms with van der Waals surface area (Å²) >= 11 is 0. The number of non-ortho nitro benzene ring substituents is 1. The third-order valence-corrected chi connectivity index (χ3v) is 8.35. The third-order valence-electron chi connectivity index (χ3n) is 5.81. The van der Waals surface area contributed by atoms with Gasteiger partial charge in [0.25, 0.3) is 5.69 Å². The molecule has 0 N–H and O–H groups in total. The predicted octanol–water partition coefficient (Wildman–Crippen LogP) is 0.963. The van der Waals surface area contributed by atoms with Gasteiger partial charge in [0.2, 0.25) is 26.6 Å². The summed E-state index contributed by atoms with van der Waals surface area (Å²) in [7, 11) is -3.38. The lowest BCUT2D eigenvalue weighted by Crippen LogP contribution is -2.41. The Morgan fingerprint density at radius 3 is 1.80 bits per heavy atom. The molecule has 0 aromatic heterocycles. The number of hydrogen-bond acceptors (Lipinski definition) is 8. The third kappa shape index (κ3) is 9.04. The normalized spacial score (nSPS) is 18.8. The highest BCUT2D eigenvalue weighted by molar-refractivity contribution is 7.66. The van der Waals surface area contributed by atoms with Gasteiger partial charge in [0.1, 0.15) is 0 Å². The number of benzene rings is 1. The van der Waals surface area contributed by atoms with Crippen molar-refractivity contribution in [3.05, 3.63) is 34.4 Å². The van der Waals surface area contributed by atoms with Gasteiger partial charge in [-0.3, -0.25) is 34.0 Å². The van der Waals surface area contributed by atoms with Gasteiger partial charge in [-0.1, -0.05) is 0 Å². The van der Waals surface area contributed by atoms with E-state index in [0.717, 1.165) is 19.2 Å². The minimum atomic E-state index is -3.38. The molecule has 12 nitrogen and oxygen atoms in total. The van der Waals surface area contributed by atoms with Crippen LogP contribution in [0.2, 0.25) is 0 Å². The van der Waals surface area contributed by atoms with E-state index in [9.17, 15) is 29.1 Å². The molecule has 13 heteroatoms. The largest absolute Gasteiger partial charge is 0.344 e. The second-order valence-corrected chi connectivity index (χ2v) is 10.7. The van der Waals surface area contributed by atoms with E-state index in [1.807, 2.05) is 4.90 Å². The Balaban J connectivity index is 2.20. The molecule has 1 fully saturated rings. The van der Waals surface area contributed by atoms with E-state index >= 15 is 0 Å². The Morgan fingerprint density at radius 2 is 1.34 bits per heavy atom. The molecule has 0 saturated carbocycles. The summed E-state index contributed by atoms with van der Waals surface area (Å²) in [6, 6.07) is 5.54. The number of nitro groups is 1. The smallest absolute Gasteiger partial charge is 0.269 e. The first-order valence-corrected chi connectivity index (χ1v) is 13.4. The molecule has 1 aliphatic rings. The van der Waals surface area contributed by atoms with Crippen molar-refractivity contribution in [1.29, 1.82) is 0 Å². The van der Waals surface area contributed by atoms with Crippen molar-refractivity contribution in [3.8, 4) is 0 Å². The highest BCUT2D eigenvalue weighted by Gasteiger charge is 2.29. The molecule has 2 rings (SSSR count). The average Bonchev–Trinajstić information content (AvgIpc) is 2.86. The summed E-state index contributed by atoms with van der Waals surface area (Å²) in [5, 5.41) is 11.4. The summed E-state index contributed by atoms with van der Waals surface area (Å²) in [5.74, 6) is 0. The van der Waals surface area contributed by atoms with Crippen LogP contribution in [0.25, 0.3) is 0 Å². The molecule has 35 heavy (non-hydrogen) atoms. The highest BCUT2D eigenvalue weighted by atomic mass is 31.2. The zero-order chi connectivity index (χ0) is 25.7. The Labute approximate surface area is 205 Å². The molecule has 1 aromatic carbocycles. The quantitative estimate of drug-likeness (QED) is 0.207. The predicted molar refractivity (Wildman–Crippen MR) is 131 cm³/mol. The van der Waals surface area contributed by atoms with E-state index in [2.05, 4.69) is 0 Å². The van der Waals surface area contributed by atoms with E-state index in [4.69, 9.17) is 4.52 Å². The zero-order valence-electron chi connectivity index (χ0n) is 20.1. The van der Waals surface area contributed by atoms with Gasteiger partial charge < -0.3 is 19.2 Å². The molecule has 0 radical (unpaired) electrons. The Kier molecular flexibility index (Phi) is 11.8. The Morgan fingerprint density at radius 1 is 0.857 bits per heavy atom. The Bertz CT molecular complexity index is 885. The van der Waals surface area contributed by atoms with Crippen molar-refractivity contribution in [2.75, 3.05) is 65.3 Å². The number of hydrogen-bond donors (Lipinski definition) is 0. The van der Waals surface area contributed by atoms with Crippen LogP contribution in [-0.4, -0.2) is 109 Å². The van der Waals surface area contributed by atoms with Gasteiger partial charge in [-0.2, -0.15) is 0 Å². The number of nitrogens with zero attached hydrogens (tertiary/aromatic N) is 5. The van der Waals surface area contributed by atoms with Gasteiger partial charge in [0, 0.05) is 69.8 Å². The summed E-state index contributed by atoms with van der Waals surface area (Å²) in [4.78, 5) is 51.6. The van der Waals surface area contributed by atoms with Crippen LogP contribution in [0.4, 0.5) is 5.69 Å². The van der Waals surface area contributed by atoms with Crippen molar-refractivity contribution in [2.24, 2.45) is 0 Å². The molecule has 0 aliphatic carbocycles. The lowest BCUT2D eigenvalue weighted by atomic mass is 10.3. The first kappa shape index (κ1) is 28.4. The SMILES string of the molecule is CCOP(=O)(CN1CCCN(C=O)CCN(C=O)CCCN(C=O)CC1)c1ccc([N+](=O)[O-])cc1. The summed E-state index contributed by atoms with van der Waals surface area (Å²) in [6.45, 7) is 5.48. The van der Waals surface area contributed by atoms with Crippen LogP contribution >= 0.6 is 7.37 Å². The van der Waals surface area contributed by atoms with E-state index in [1.54, 1.807) is 21.6 Å². The summed E-state index contributed by atoms with van der Waals surface area (Å²) in [5.41, 5.74) is -0.0983. The monoisotopic (exact) mass is 511 g/mol. The standard InChI is InChI=1S/C22H34N5O7P/c1-2-34-35(33,22-7-5-21(6-8-22)27(31)32)20-26-12-4-11-24(18-29)14-13-23(17-28)9-3-10-25(19-30)15-16-26/h5-8,17-19H,2-4,9-16,20H2,1H3. The second-order valence-electron chi connectivity index (χ2n) is 8.26. The first-order chi connectivity index (χ1) is 16.8. The van der Waals surface area contributed by atoms with Crippen molar-refractivity contribution in [1.82, 2.24) is 19.6 Å². The average molecular weight is 512 g/mol. The number of amides is 3. The van der Waals surface area contributed by atoms with Crippen LogP contribution in [0.3, 0.4) is 0 Å².